The molecule has 98 valence electrons. The van der Waals surface area contributed by atoms with Gasteiger partial charge in [0.25, 0.3) is 0 Å². The number of carbonyl (C=O) groups is 1. The molecular weight excluding hydrogens is 230 g/mol. The van der Waals surface area contributed by atoms with Gasteiger partial charge in [-0.1, -0.05) is 12.7 Å². The first-order chi connectivity index (χ1) is 8.63. The summed E-state index contributed by atoms with van der Waals surface area (Å²) in [5.41, 5.74) is 1.25. The maximum atomic E-state index is 11.0. The Morgan fingerprint density at radius 3 is 2.61 bits per heavy atom. The maximum Gasteiger partial charge on any atom is 0.185 e. The molecule has 0 bridgehead atoms. The van der Waals surface area contributed by atoms with Crippen LogP contribution in [0.3, 0.4) is 0 Å². The first-order valence-corrected chi connectivity index (χ1v) is 5.84. The molecule has 0 unspecified atom stereocenters. The molecule has 1 aromatic carbocycles. The van der Waals surface area contributed by atoms with Gasteiger partial charge in [-0.25, -0.2) is 0 Å². The maximum absolute atomic E-state index is 11.0. The van der Waals surface area contributed by atoms with Crippen LogP contribution in [0, 0.1) is 0 Å². The van der Waals surface area contributed by atoms with Crippen molar-refractivity contribution in [1.29, 1.82) is 0 Å². The van der Waals surface area contributed by atoms with Crippen LogP contribution in [0.2, 0.25) is 0 Å². The molecule has 0 saturated carbocycles. The molecule has 0 atom stereocenters. The largest absolute Gasteiger partial charge is 0.485 e. The van der Waals surface area contributed by atoms with E-state index >= 15 is 0 Å². The fraction of sp³-hybridized carbons (Fsp3) is 0.357. The van der Waals surface area contributed by atoms with Gasteiger partial charge in [0, 0.05) is 7.05 Å². The Bertz CT molecular complexity index is 427. The molecular formula is C14H19NO3. The third-order valence-corrected chi connectivity index (χ3v) is 2.24. The molecule has 1 aromatic rings. The second-order valence-electron chi connectivity index (χ2n) is 3.99. The predicted molar refractivity (Wildman–Crippen MR) is 72.8 cm³/mol. The lowest BCUT2D eigenvalue weighted by atomic mass is 10.1. The van der Waals surface area contributed by atoms with Gasteiger partial charge in [0.2, 0.25) is 0 Å². The van der Waals surface area contributed by atoms with E-state index in [0.717, 1.165) is 12.0 Å². The number of carbonyl (C=O) groups excluding carboxylic acids is 1. The summed E-state index contributed by atoms with van der Waals surface area (Å²) in [6, 6.07) is 3.49. The standard InChI is InChI=1S/C14H19NO3/c1-5-8-17-13-11(9-16)6-7-12(15-4)14(13)18-10(2)3/h5-7,9-10,15H,1,8H2,2-4H3. The minimum atomic E-state index is -0.00918. The molecule has 18 heavy (non-hydrogen) atoms. The van der Waals surface area contributed by atoms with Gasteiger partial charge in [0.15, 0.2) is 17.8 Å². The number of benzene rings is 1. The quantitative estimate of drug-likeness (QED) is 0.596. The minimum absolute atomic E-state index is 0.00918. The second kappa shape index (κ2) is 6.69. The highest BCUT2D eigenvalue weighted by molar-refractivity contribution is 5.84. The van der Waals surface area contributed by atoms with Gasteiger partial charge >= 0.3 is 0 Å². The molecule has 1 rings (SSSR count). The Kier molecular flexibility index (Phi) is 5.24. The highest BCUT2D eigenvalue weighted by Gasteiger charge is 2.16. The number of hydrogen-bond donors (Lipinski definition) is 1. The van der Waals surface area contributed by atoms with Crippen LogP contribution < -0.4 is 14.8 Å². The fourth-order valence-electron chi connectivity index (χ4n) is 1.51. The van der Waals surface area contributed by atoms with Crippen LogP contribution >= 0.6 is 0 Å². The van der Waals surface area contributed by atoms with Gasteiger partial charge in [-0.2, -0.15) is 0 Å². The van der Waals surface area contributed by atoms with Crippen molar-refractivity contribution in [3.63, 3.8) is 0 Å². The van der Waals surface area contributed by atoms with E-state index in [1.807, 2.05) is 13.8 Å². The first-order valence-electron chi connectivity index (χ1n) is 5.84. The highest BCUT2D eigenvalue weighted by Crippen LogP contribution is 2.38. The molecule has 0 amide bonds. The van der Waals surface area contributed by atoms with Gasteiger partial charge < -0.3 is 14.8 Å². The minimum Gasteiger partial charge on any atom is -0.485 e. The van der Waals surface area contributed by atoms with Crippen molar-refractivity contribution in [1.82, 2.24) is 0 Å². The van der Waals surface area contributed by atoms with E-state index in [2.05, 4.69) is 11.9 Å². The summed E-state index contributed by atoms with van der Waals surface area (Å²) in [4.78, 5) is 11.0. The lowest BCUT2D eigenvalue weighted by Gasteiger charge is -2.19. The molecule has 0 saturated heterocycles. The van der Waals surface area contributed by atoms with Crippen molar-refractivity contribution in [2.24, 2.45) is 0 Å². The Morgan fingerprint density at radius 2 is 2.11 bits per heavy atom. The summed E-state index contributed by atoms with van der Waals surface area (Å²) in [5.74, 6) is 1.00. The van der Waals surface area contributed by atoms with Gasteiger partial charge in [-0.3, -0.25) is 4.79 Å². The monoisotopic (exact) mass is 249 g/mol. The molecule has 0 aliphatic rings. The predicted octanol–water partition coefficient (Wildman–Crippen LogP) is 2.89. The van der Waals surface area contributed by atoms with Crippen LogP contribution in [0.15, 0.2) is 24.8 Å². The molecule has 0 fully saturated rings. The first kappa shape index (κ1) is 14.1. The van der Waals surface area contributed by atoms with Crippen molar-refractivity contribution in [2.45, 2.75) is 20.0 Å². The van der Waals surface area contributed by atoms with E-state index in [9.17, 15) is 4.79 Å². The molecule has 0 aromatic heterocycles. The average molecular weight is 249 g/mol. The van der Waals surface area contributed by atoms with Crippen molar-refractivity contribution >= 4 is 12.0 Å². The van der Waals surface area contributed by atoms with E-state index < -0.39 is 0 Å². The van der Waals surface area contributed by atoms with E-state index in [-0.39, 0.29) is 6.10 Å². The zero-order chi connectivity index (χ0) is 13.5. The molecule has 0 heterocycles. The summed E-state index contributed by atoms with van der Waals surface area (Å²) in [6.45, 7) is 7.76. The average Bonchev–Trinajstić information content (AvgIpc) is 2.36. The van der Waals surface area contributed by atoms with Crippen LogP contribution in [0.1, 0.15) is 24.2 Å². The lowest BCUT2D eigenvalue weighted by Crippen LogP contribution is -2.10. The van der Waals surface area contributed by atoms with Crippen LogP contribution in [0.5, 0.6) is 11.5 Å². The summed E-state index contributed by atoms with van der Waals surface area (Å²) >= 11 is 0. The summed E-state index contributed by atoms with van der Waals surface area (Å²) < 4.78 is 11.3. The molecule has 4 nitrogen and oxygen atoms in total. The number of ether oxygens (including phenoxy) is 2. The molecule has 0 spiro atoms. The van der Waals surface area contributed by atoms with E-state index in [1.165, 1.54) is 0 Å². The lowest BCUT2D eigenvalue weighted by molar-refractivity contribution is 0.111. The molecule has 0 aliphatic carbocycles. The normalized spacial score (nSPS) is 10.0. The van der Waals surface area contributed by atoms with Crippen LogP contribution in [-0.2, 0) is 0 Å². The summed E-state index contributed by atoms with van der Waals surface area (Å²) in [7, 11) is 1.79. The van der Waals surface area contributed by atoms with Gasteiger partial charge in [0.05, 0.1) is 17.4 Å². The Morgan fingerprint density at radius 1 is 1.39 bits per heavy atom. The highest BCUT2D eigenvalue weighted by atomic mass is 16.5. The van der Waals surface area contributed by atoms with Crippen molar-refractivity contribution in [3.8, 4) is 11.5 Å². The van der Waals surface area contributed by atoms with Gasteiger partial charge in [-0.05, 0) is 26.0 Å². The van der Waals surface area contributed by atoms with E-state index in [1.54, 1.807) is 25.3 Å². The van der Waals surface area contributed by atoms with E-state index in [0.29, 0.717) is 23.7 Å². The number of rotatable bonds is 7. The number of nitrogens with one attached hydrogen (secondary N) is 1. The van der Waals surface area contributed by atoms with E-state index in [4.69, 9.17) is 9.47 Å². The SMILES string of the molecule is C=CCOc1c(C=O)ccc(NC)c1OC(C)C. The number of anilines is 1. The van der Waals surface area contributed by atoms with Gasteiger partial charge in [-0.15, -0.1) is 0 Å². The van der Waals surface area contributed by atoms with Gasteiger partial charge in [0.1, 0.15) is 6.61 Å². The summed E-state index contributed by atoms with van der Waals surface area (Å²) in [5, 5.41) is 3.02. The summed E-state index contributed by atoms with van der Waals surface area (Å²) in [6.07, 6.45) is 2.37. The zero-order valence-electron chi connectivity index (χ0n) is 11.0. The van der Waals surface area contributed by atoms with Crippen molar-refractivity contribution in [2.75, 3.05) is 19.0 Å². The number of hydrogen-bond acceptors (Lipinski definition) is 4. The van der Waals surface area contributed by atoms with Crippen LogP contribution in [0.25, 0.3) is 0 Å². The Balaban J connectivity index is 3.27. The molecule has 0 radical (unpaired) electrons. The topological polar surface area (TPSA) is 47.6 Å². The molecule has 0 aliphatic heterocycles. The molecule has 1 N–H and O–H groups in total. The molecule has 4 heteroatoms. The zero-order valence-corrected chi connectivity index (χ0v) is 11.0. The van der Waals surface area contributed by atoms with Crippen LogP contribution in [0.4, 0.5) is 5.69 Å². The third kappa shape index (κ3) is 3.26. The third-order valence-electron chi connectivity index (χ3n) is 2.24. The van der Waals surface area contributed by atoms with Crippen molar-refractivity contribution < 1.29 is 14.3 Å². The Hall–Kier alpha value is -1.97. The second-order valence-corrected chi connectivity index (χ2v) is 3.99. The van der Waals surface area contributed by atoms with Crippen LogP contribution in [-0.4, -0.2) is 26.0 Å². The fourth-order valence-corrected chi connectivity index (χ4v) is 1.51. The Labute approximate surface area is 108 Å². The number of aldehydes is 1. The van der Waals surface area contributed by atoms with Crippen molar-refractivity contribution in [3.05, 3.63) is 30.4 Å². The smallest absolute Gasteiger partial charge is 0.185 e.